The lowest BCUT2D eigenvalue weighted by molar-refractivity contribution is 0.102. The van der Waals surface area contributed by atoms with E-state index in [1.807, 2.05) is 20.8 Å². The molecule has 5 heteroatoms. The molecule has 0 spiro atoms. The summed E-state index contributed by atoms with van der Waals surface area (Å²) in [6.45, 7) is 7.19. The Kier molecular flexibility index (Phi) is 2.87. The van der Waals surface area contributed by atoms with E-state index >= 15 is 0 Å². The standard InChI is InChI=1S/C12H14N2O2S/c1-6(2)14-5-13-11-9(12(14)16)7(3)10(17-11)8(4)15/h5-6H,1-4H3. The van der Waals surface area contributed by atoms with Crippen molar-refractivity contribution in [1.29, 1.82) is 0 Å². The zero-order valence-electron chi connectivity index (χ0n) is 10.3. The molecule has 0 saturated heterocycles. The number of rotatable bonds is 2. The van der Waals surface area contributed by atoms with Gasteiger partial charge in [0.05, 0.1) is 16.6 Å². The molecule has 0 saturated carbocycles. The zero-order chi connectivity index (χ0) is 12.7. The number of carbonyl (C=O) groups is 1. The molecule has 0 amide bonds. The van der Waals surface area contributed by atoms with Crippen LogP contribution in [0.2, 0.25) is 0 Å². The fraction of sp³-hybridized carbons (Fsp3) is 0.417. The van der Waals surface area contributed by atoms with Gasteiger partial charge in [0.15, 0.2) is 5.78 Å². The van der Waals surface area contributed by atoms with Crippen LogP contribution in [0, 0.1) is 6.92 Å². The van der Waals surface area contributed by atoms with Crippen LogP contribution in [0.4, 0.5) is 0 Å². The highest BCUT2D eigenvalue weighted by molar-refractivity contribution is 7.20. The molecule has 2 aromatic heterocycles. The van der Waals surface area contributed by atoms with Gasteiger partial charge in [-0.1, -0.05) is 0 Å². The van der Waals surface area contributed by atoms with Crippen molar-refractivity contribution >= 4 is 27.3 Å². The lowest BCUT2D eigenvalue weighted by Crippen LogP contribution is -2.22. The van der Waals surface area contributed by atoms with Crippen LogP contribution in [0.5, 0.6) is 0 Å². The van der Waals surface area contributed by atoms with Gasteiger partial charge in [0.2, 0.25) is 0 Å². The number of aromatic nitrogens is 2. The maximum Gasteiger partial charge on any atom is 0.262 e. The van der Waals surface area contributed by atoms with Crippen LogP contribution in [-0.4, -0.2) is 15.3 Å². The quantitative estimate of drug-likeness (QED) is 0.770. The van der Waals surface area contributed by atoms with Crippen LogP contribution >= 0.6 is 11.3 Å². The Labute approximate surface area is 103 Å². The number of carbonyl (C=O) groups excluding carboxylic acids is 1. The van der Waals surface area contributed by atoms with Gasteiger partial charge in [-0.05, 0) is 33.3 Å². The van der Waals surface area contributed by atoms with Crippen LogP contribution in [0.3, 0.4) is 0 Å². The first-order chi connectivity index (χ1) is 7.93. The fourth-order valence-electron chi connectivity index (χ4n) is 1.84. The van der Waals surface area contributed by atoms with Crippen molar-refractivity contribution in [3.05, 3.63) is 27.1 Å². The third-order valence-electron chi connectivity index (χ3n) is 2.75. The summed E-state index contributed by atoms with van der Waals surface area (Å²) in [7, 11) is 0. The Balaban J connectivity index is 2.86. The molecule has 2 heterocycles. The second-order valence-electron chi connectivity index (χ2n) is 4.34. The summed E-state index contributed by atoms with van der Waals surface area (Å²) in [5.41, 5.74) is 0.691. The molecule has 4 nitrogen and oxygen atoms in total. The number of hydrogen-bond acceptors (Lipinski definition) is 4. The Hall–Kier alpha value is -1.49. The Morgan fingerprint density at radius 2 is 2.12 bits per heavy atom. The van der Waals surface area contributed by atoms with Crippen molar-refractivity contribution in [3.63, 3.8) is 0 Å². The monoisotopic (exact) mass is 250 g/mol. The minimum absolute atomic E-state index is 0.0130. The maximum absolute atomic E-state index is 12.2. The predicted molar refractivity (Wildman–Crippen MR) is 69.0 cm³/mol. The number of Topliss-reactive ketones (excluding diaryl/α,β-unsaturated/α-hetero) is 1. The van der Waals surface area contributed by atoms with Gasteiger partial charge >= 0.3 is 0 Å². The van der Waals surface area contributed by atoms with E-state index in [2.05, 4.69) is 4.98 Å². The first-order valence-corrected chi connectivity index (χ1v) is 6.26. The Morgan fingerprint density at radius 1 is 1.47 bits per heavy atom. The summed E-state index contributed by atoms with van der Waals surface area (Å²) in [6, 6.07) is 0.0690. The fourth-order valence-corrected chi connectivity index (χ4v) is 2.88. The molecule has 0 bridgehead atoms. The highest BCUT2D eigenvalue weighted by atomic mass is 32.1. The normalized spacial score (nSPS) is 11.4. The van der Waals surface area contributed by atoms with Crippen LogP contribution in [0.15, 0.2) is 11.1 Å². The van der Waals surface area contributed by atoms with E-state index in [4.69, 9.17) is 0 Å². The number of ketones is 1. The molecule has 0 fully saturated rings. The van der Waals surface area contributed by atoms with E-state index in [-0.39, 0.29) is 17.4 Å². The lowest BCUT2D eigenvalue weighted by atomic mass is 10.2. The van der Waals surface area contributed by atoms with Crippen LogP contribution in [-0.2, 0) is 0 Å². The molecule has 0 unspecified atom stereocenters. The summed E-state index contributed by atoms with van der Waals surface area (Å²) in [5.74, 6) is -0.0130. The zero-order valence-corrected chi connectivity index (χ0v) is 11.1. The highest BCUT2D eigenvalue weighted by Gasteiger charge is 2.17. The first kappa shape index (κ1) is 12.0. The maximum atomic E-state index is 12.2. The Morgan fingerprint density at radius 3 is 2.65 bits per heavy atom. The molecule has 0 aliphatic rings. The van der Waals surface area contributed by atoms with E-state index in [1.54, 1.807) is 10.9 Å². The summed E-state index contributed by atoms with van der Waals surface area (Å²) < 4.78 is 1.59. The van der Waals surface area contributed by atoms with Crippen molar-refractivity contribution in [2.45, 2.75) is 33.7 Å². The van der Waals surface area contributed by atoms with Crippen molar-refractivity contribution in [2.75, 3.05) is 0 Å². The topological polar surface area (TPSA) is 52.0 Å². The minimum Gasteiger partial charge on any atom is -0.296 e. The largest absolute Gasteiger partial charge is 0.296 e. The van der Waals surface area contributed by atoms with E-state index in [9.17, 15) is 9.59 Å². The molecule has 0 aliphatic carbocycles. The van der Waals surface area contributed by atoms with Gasteiger partial charge < -0.3 is 0 Å². The van der Waals surface area contributed by atoms with Gasteiger partial charge in [-0.25, -0.2) is 4.98 Å². The van der Waals surface area contributed by atoms with E-state index in [1.165, 1.54) is 18.3 Å². The highest BCUT2D eigenvalue weighted by Crippen LogP contribution is 2.27. The SMILES string of the molecule is CC(=O)c1sc2ncn(C(C)C)c(=O)c2c1C. The van der Waals surface area contributed by atoms with E-state index in [0.29, 0.717) is 15.1 Å². The van der Waals surface area contributed by atoms with Crippen LogP contribution in [0.25, 0.3) is 10.2 Å². The van der Waals surface area contributed by atoms with Gasteiger partial charge in [0, 0.05) is 6.04 Å². The Bertz CT molecular complexity index is 652. The minimum atomic E-state index is -0.0637. The molecule has 0 aromatic carbocycles. The number of fused-ring (bicyclic) bond motifs is 1. The lowest BCUT2D eigenvalue weighted by Gasteiger charge is -2.08. The average Bonchev–Trinajstić information content (AvgIpc) is 2.56. The van der Waals surface area contributed by atoms with E-state index < -0.39 is 0 Å². The number of thiophene rings is 1. The molecular weight excluding hydrogens is 236 g/mol. The molecule has 0 N–H and O–H groups in total. The smallest absolute Gasteiger partial charge is 0.262 e. The van der Waals surface area contributed by atoms with Crippen molar-refractivity contribution < 1.29 is 4.79 Å². The van der Waals surface area contributed by atoms with Crippen molar-refractivity contribution in [2.24, 2.45) is 0 Å². The molecule has 2 aromatic rings. The third-order valence-corrected chi connectivity index (χ3v) is 4.05. The van der Waals surface area contributed by atoms with Crippen molar-refractivity contribution in [1.82, 2.24) is 9.55 Å². The van der Waals surface area contributed by atoms with Crippen LogP contribution in [0.1, 0.15) is 42.0 Å². The second-order valence-corrected chi connectivity index (χ2v) is 5.34. The number of aryl methyl sites for hydroxylation is 1. The molecule has 0 atom stereocenters. The molecular formula is C12H14N2O2S. The average molecular weight is 250 g/mol. The summed E-state index contributed by atoms with van der Waals surface area (Å²) in [6.07, 6.45) is 1.55. The van der Waals surface area contributed by atoms with Gasteiger partial charge in [0.1, 0.15) is 4.83 Å². The third kappa shape index (κ3) is 1.80. The van der Waals surface area contributed by atoms with Crippen LogP contribution < -0.4 is 5.56 Å². The number of hydrogen-bond donors (Lipinski definition) is 0. The van der Waals surface area contributed by atoms with Gasteiger partial charge in [0.25, 0.3) is 5.56 Å². The van der Waals surface area contributed by atoms with Crippen molar-refractivity contribution in [3.8, 4) is 0 Å². The van der Waals surface area contributed by atoms with Gasteiger partial charge in [-0.15, -0.1) is 11.3 Å². The van der Waals surface area contributed by atoms with E-state index in [0.717, 1.165) is 5.56 Å². The molecule has 2 rings (SSSR count). The summed E-state index contributed by atoms with van der Waals surface area (Å²) in [4.78, 5) is 29.2. The molecule has 90 valence electrons. The number of nitrogens with zero attached hydrogens (tertiary/aromatic N) is 2. The molecule has 17 heavy (non-hydrogen) atoms. The summed E-state index contributed by atoms with van der Waals surface area (Å²) >= 11 is 1.29. The summed E-state index contributed by atoms with van der Waals surface area (Å²) in [5, 5.41) is 0.580. The molecule has 0 aliphatic heterocycles. The second kappa shape index (κ2) is 4.07. The van der Waals surface area contributed by atoms with Gasteiger partial charge in [-0.2, -0.15) is 0 Å². The van der Waals surface area contributed by atoms with Gasteiger partial charge in [-0.3, -0.25) is 14.2 Å². The first-order valence-electron chi connectivity index (χ1n) is 5.44. The molecule has 0 radical (unpaired) electrons. The predicted octanol–water partition coefficient (Wildman–Crippen LogP) is 2.55.